The zero-order valence-electron chi connectivity index (χ0n) is 7.24. The van der Waals surface area contributed by atoms with Crippen molar-refractivity contribution in [1.82, 2.24) is 4.90 Å². The predicted molar refractivity (Wildman–Crippen MR) is 40.6 cm³/mol. The van der Waals surface area contributed by atoms with Gasteiger partial charge in [-0.25, -0.2) is 4.39 Å². The van der Waals surface area contributed by atoms with E-state index in [1.54, 1.807) is 0 Å². The average Bonchev–Trinajstić information content (AvgIpc) is 1.97. The van der Waals surface area contributed by atoms with Crippen molar-refractivity contribution in [3.63, 3.8) is 0 Å². The Hall–Kier alpha value is -1.00. The molecule has 0 aromatic heterocycles. The maximum Gasteiger partial charge on any atom is 0.414 e. The van der Waals surface area contributed by atoms with E-state index in [-0.39, 0.29) is 12.2 Å². The Kier molecular flexibility index (Phi) is 2.36. The third-order valence-corrected chi connectivity index (χ3v) is 1.99. The molecular weight excluding hydrogens is 186 g/mol. The molecule has 74 valence electrons. The van der Waals surface area contributed by atoms with Crippen molar-refractivity contribution < 1.29 is 17.6 Å². The highest BCUT2D eigenvalue weighted by atomic mass is 19.4. The first-order valence-corrected chi connectivity index (χ1v) is 3.67. The van der Waals surface area contributed by atoms with Crippen molar-refractivity contribution in [2.75, 3.05) is 13.6 Å². The van der Waals surface area contributed by atoms with E-state index in [1.165, 1.54) is 18.9 Å². The lowest BCUT2D eigenvalue weighted by molar-refractivity contribution is -0.0954. The van der Waals surface area contributed by atoms with E-state index in [9.17, 15) is 17.6 Å². The molecule has 0 N–H and O–H groups in total. The highest BCUT2D eigenvalue weighted by Crippen LogP contribution is 2.31. The lowest BCUT2D eigenvalue weighted by Crippen LogP contribution is -2.29. The lowest BCUT2D eigenvalue weighted by Gasteiger charge is -2.26. The summed E-state index contributed by atoms with van der Waals surface area (Å²) in [5, 5.41) is 0. The topological polar surface area (TPSA) is 3.24 Å². The fourth-order valence-corrected chi connectivity index (χ4v) is 1.03. The maximum atomic E-state index is 12.9. The van der Waals surface area contributed by atoms with Gasteiger partial charge in [-0.05, 0) is 13.0 Å². The third kappa shape index (κ3) is 2.02. The highest BCUT2D eigenvalue weighted by Gasteiger charge is 2.36. The molecule has 0 bridgehead atoms. The smallest absolute Gasteiger partial charge is 0.371 e. The van der Waals surface area contributed by atoms with E-state index < -0.39 is 17.6 Å². The van der Waals surface area contributed by atoms with Crippen molar-refractivity contribution in [3.05, 3.63) is 23.2 Å². The molecule has 0 aromatic carbocycles. The summed E-state index contributed by atoms with van der Waals surface area (Å²) in [6.07, 6.45) is -3.89. The Morgan fingerprint density at radius 1 is 1.38 bits per heavy atom. The van der Waals surface area contributed by atoms with Crippen molar-refractivity contribution in [2.24, 2.45) is 0 Å². The molecule has 0 fully saturated rings. The van der Waals surface area contributed by atoms with Crippen molar-refractivity contribution in [2.45, 2.75) is 13.1 Å². The van der Waals surface area contributed by atoms with Crippen LogP contribution in [0.3, 0.4) is 0 Å². The van der Waals surface area contributed by atoms with Crippen molar-refractivity contribution >= 4 is 0 Å². The van der Waals surface area contributed by atoms with Gasteiger partial charge in [-0.1, -0.05) is 0 Å². The number of likely N-dealkylation sites (N-methyl/N-ethyl adjacent to an activating group) is 1. The zero-order valence-corrected chi connectivity index (χ0v) is 7.24. The number of halogens is 4. The SMILES string of the molecule is CC1=C(F)C=C(C(F)(F)F)CN1C. The number of alkyl halides is 3. The fourth-order valence-electron chi connectivity index (χ4n) is 1.03. The van der Waals surface area contributed by atoms with E-state index in [4.69, 9.17) is 0 Å². The number of nitrogens with zero attached hydrogens (tertiary/aromatic N) is 1. The van der Waals surface area contributed by atoms with Crippen LogP contribution in [-0.4, -0.2) is 24.7 Å². The molecule has 1 heterocycles. The van der Waals surface area contributed by atoms with Crippen LogP contribution in [0, 0.1) is 0 Å². The summed E-state index contributed by atoms with van der Waals surface area (Å²) < 4.78 is 49.3. The first kappa shape index (κ1) is 10.1. The number of hydrogen-bond donors (Lipinski definition) is 0. The molecule has 0 radical (unpaired) electrons. The molecule has 1 aliphatic heterocycles. The van der Waals surface area contributed by atoms with Gasteiger partial charge in [0.05, 0.1) is 5.57 Å². The van der Waals surface area contributed by atoms with Crippen LogP contribution >= 0.6 is 0 Å². The summed E-state index contributed by atoms with van der Waals surface area (Å²) in [7, 11) is 1.42. The largest absolute Gasteiger partial charge is 0.414 e. The molecule has 1 rings (SSSR count). The first-order chi connectivity index (χ1) is 5.82. The highest BCUT2D eigenvalue weighted by molar-refractivity contribution is 5.30. The molecular formula is C8H9F4N. The van der Waals surface area contributed by atoms with Crippen LogP contribution in [0.1, 0.15) is 6.92 Å². The first-order valence-electron chi connectivity index (χ1n) is 3.67. The molecule has 0 amide bonds. The van der Waals surface area contributed by atoms with Gasteiger partial charge in [0.1, 0.15) is 5.83 Å². The molecule has 5 heteroatoms. The maximum absolute atomic E-state index is 12.9. The van der Waals surface area contributed by atoms with Crippen LogP contribution in [-0.2, 0) is 0 Å². The van der Waals surface area contributed by atoms with E-state index in [0.29, 0.717) is 6.08 Å². The minimum Gasteiger partial charge on any atom is -0.371 e. The third-order valence-electron chi connectivity index (χ3n) is 1.99. The van der Waals surface area contributed by atoms with Crippen LogP contribution < -0.4 is 0 Å². The average molecular weight is 195 g/mol. The summed E-state index contributed by atoms with van der Waals surface area (Å²) in [5.74, 6) is -0.818. The number of rotatable bonds is 0. The Balaban J connectivity index is 3.00. The van der Waals surface area contributed by atoms with E-state index >= 15 is 0 Å². The Bertz CT molecular complexity index is 274. The summed E-state index contributed by atoms with van der Waals surface area (Å²) in [6.45, 7) is 1.15. The van der Waals surface area contributed by atoms with Gasteiger partial charge in [-0.3, -0.25) is 0 Å². The quantitative estimate of drug-likeness (QED) is 0.537. The second-order valence-corrected chi connectivity index (χ2v) is 2.96. The standard InChI is InChI=1S/C8H9F4N/c1-5-7(9)3-6(4-13(5)2)8(10,11)12/h3H,4H2,1-2H3. The molecule has 1 nitrogen and oxygen atoms in total. The second kappa shape index (κ2) is 3.05. The fraction of sp³-hybridized carbons (Fsp3) is 0.500. The number of allylic oxidation sites excluding steroid dienone is 3. The van der Waals surface area contributed by atoms with E-state index in [0.717, 1.165) is 0 Å². The van der Waals surface area contributed by atoms with Crippen LogP contribution in [0.4, 0.5) is 17.6 Å². The van der Waals surface area contributed by atoms with Crippen molar-refractivity contribution in [3.8, 4) is 0 Å². The zero-order chi connectivity index (χ0) is 10.2. The monoisotopic (exact) mass is 195 g/mol. The Labute approximate surface area is 73.3 Å². The summed E-state index contributed by atoms with van der Waals surface area (Å²) >= 11 is 0. The summed E-state index contributed by atoms with van der Waals surface area (Å²) in [4.78, 5) is 1.23. The van der Waals surface area contributed by atoms with Crippen LogP contribution in [0.5, 0.6) is 0 Å². The molecule has 0 aliphatic carbocycles. The van der Waals surface area contributed by atoms with E-state index in [1.807, 2.05) is 0 Å². The van der Waals surface area contributed by atoms with Crippen molar-refractivity contribution in [1.29, 1.82) is 0 Å². The minimum absolute atomic E-state index is 0.230. The van der Waals surface area contributed by atoms with Gasteiger partial charge in [0.15, 0.2) is 0 Å². The van der Waals surface area contributed by atoms with Gasteiger partial charge in [0, 0.05) is 19.3 Å². The normalized spacial score (nSPS) is 19.2. The Morgan fingerprint density at radius 3 is 2.31 bits per heavy atom. The molecule has 0 saturated heterocycles. The van der Waals surface area contributed by atoms with Gasteiger partial charge < -0.3 is 4.90 Å². The van der Waals surface area contributed by atoms with Gasteiger partial charge in [0.2, 0.25) is 0 Å². The predicted octanol–water partition coefficient (Wildman–Crippen LogP) is 2.62. The molecule has 13 heavy (non-hydrogen) atoms. The van der Waals surface area contributed by atoms with Gasteiger partial charge in [-0.2, -0.15) is 13.2 Å². The molecule has 0 spiro atoms. The molecule has 0 unspecified atom stereocenters. The lowest BCUT2D eigenvalue weighted by atomic mass is 10.1. The second-order valence-electron chi connectivity index (χ2n) is 2.96. The number of hydrogen-bond acceptors (Lipinski definition) is 1. The summed E-state index contributed by atoms with van der Waals surface area (Å²) in [5.41, 5.74) is -0.619. The van der Waals surface area contributed by atoms with Crippen LogP contribution in [0.25, 0.3) is 0 Å². The van der Waals surface area contributed by atoms with E-state index in [2.05, 4.69) is 0 Å². The van der Waals surface area contributed by atoms with Gasteiger partial charge >= 0.3 is 6.18 Å². The minimum atomic E-state index is -4.44. The molecule has 1 aliphatic rings. The van der Waals surface area contributed by atoms with Crippen LogP contribution in [0.2, 0.25) is 0 Å². The molecule has 0 aromatic rings. The Morgan fingerprint density at radius 2 is 1.92 bits per heavy atom. The molecule has 0 saturated carbocycles. The van der Waals surface area contributed by atoms with Crippen LogP contribution in [0.15, 0.2) is 23.2 Å². The summed E-state index contributed by atoms with van der Waals surface area (Å²) in [6, 6.07) is 0. The molecule has 0 atom stereocenters. The van der Waals surface area contributed by atoms with Gasteiger partial charge in [0.25, 0.3) is 0 Å². The van der Waals surface area contributed by atoms with Gasteiger partial charge in [-0.15, -0.1) is 0 Å².